The normalized spacial score (nSPS) is 12.1. The Morgan fingerprint density at radius 1 is 0.929 bits per heavy atom. The van der Waals surface area contributed by atoms with Crippen molar-refractivity contribution in [2.75, 3.05) is 18.0 Å². The number of carbonyl (C=O) groups excluding carboxylic acids is 2. The van der Waals surface area contributed by atoms with Crippen molar-refractivity contribution in [3.63, 3.8) is 0 Å². The molecule has 42 heavy (non-hydrogen) atoms. The first-order valence-corrected chi connectivity index (χ1v) is 15.8. The maximum absolute atomic E-state index is 14.2. The molecule has 0 aromatic heterocycles. The van der Waals surface area contributed by atoms with E-state index in [4.69, 9.17) is 27.9 Å². The van der Waals surface area contributed by atoms with Crippen molar-refractivity contribution in [3.8, 4) is 5.75 Å². The van der Waals surface area contributed by atoms with E-state index in [0.29, 0.717) is 22.0 Å². The number of rotatable bonds is 12. The number of hydrogen-bond acceptors (Lipinski definition) is 5. The van der Waals surface area contributed by atoms with Gasteiger partial charge >= 0.3 is 0 Å². The molecule has 0 radical (unpaired) electrons. The first kappa shape index (κ1) is 33.2. The second kappa shape index (κ2) is 14.3. The summed E-state index contributed by atoms with van der Waals surface area (Å²) in [7, 11) is -2.80. The average molecular weight is 635 g/mol. The first-order chi connectivity index (χ1) is 19.8. The zero-order valence-corrected chi connectivity index (χ0v) is 27.0. The number of aryl methyl sites for hydroxylation is 2. The van der Waals surface area contributed by atoms with Crippen LogP contribution in [0.4, 0.5) is 5.69 Å². The Hall–Kier alpha value is -3.27. The largest absolute Gasteiger partial charge is 0.495 e. The second-order valence-electron chi connectivity index (χ2n) is 10.4. The summed E-state index contributed by atoms with van der Waals surface area (Å²) >= 11 is 12.4. The van der Waals surface area contributed by atoms with Crippen molar-refractivity contribution >= 4 is 50.7 Å². The maximum Gasteiger partial charge on any atom is 0.264 e. The van der Waals surface area contributed by atoms with Gasteiger partial charge in [-0.15, -0.1) is 0 Å². The van der Waals surface area contributed by atoms with Gasteiger partial charge in [0.15, 0.2) is 0 Å². The van der Waals surface area contributed by atoms with Crippen LogP contribution in [0.3, 0.4) is 0 Å². The van der Waals surface area contributed by atoms with Crippen molar-refractivity contribution in [2.24, 2.45) is 0 Å². The third-order valence-corrected chi connectivity index (χ3v) is 9.16. The molecule has 0 aliphatic rings. The molecule has 3 aromatic rings. The second-order valence-corrected chi connectivity index (χ2v) is 13.0. The van der Waals surface area contributed by atoms with Gasteiger partial charge in [-0.2, -0.15) is 0 Å². The molecule has 11 heteroatoms. The van der Waals surface area contributed by atoms with Gasteiger partial charge in [-0.1, -0.05) is 60.0 Å². The van der Waals surface area contributed by atoms with Crippen LogP contribution in [0.15, 0.2) is 65.6 Å². The number of methoxy groups -OCH3 is 1. The standard InChI is InChI=1S/C31H37Cl2N3O5S/c1-7-27(31(38)34-20(2)3)35(18-23-11-14-25(32)26(33)17-23)30(37)19-36(28-16-22(5)10-15-29(28)41-6)42(39,40)24-12-8-21(4)9-13-24/h8-17,20,27H,7,18-19H2,1-6H3,(H,34,38)/t27-/m0/s1. The Kier molecular flexibility index (Phi) is 11.3. The number of halogens is 2. The van der Waals surface area contributed by atoms with Crippen LogP contribution in [-0.2, 0) is 26.2 Å². The van der Waals surface area contributed by atoms with E-state index < -0.39 is 28.5 Å². The van der Waals surface area contributed by atoms with Crippen LogP contribution in [0.1, 0.15) is 43.9 Å². The highest BCUT2D eigenvalue weighted by atomic mass is 35.5. The number of hydrogen-bond donors (Lipinski definition) is 1. The van der Waals surface area contributed by atoms with Gasteiger partial charge in [0.05, 0.1) is 27.7 Å². The van der Waals surface area contributed by atoms with E-state index in [1.54, 1.807) is 55.5 Å². The molecule has 3 aromatic carbocycles. The molecule has 0 unspecified atom stereocenters. The van der Waals surface area contributed by atoms with Gasteiger partial charge in [0.2, 0.25) is 11.8 Å². The summed E-state index contributed by atoms with van der Waals surface area (Å²) in [5.41, 5.74) is 2.51. The number of nitrogens with one attached hydrogen (secondary N) is 1. The molecule has 3 rings (SSSR count). The van der Waals surface area contributed by atoms with Gasteiger partial charge < -0.3 is 15.0 Å². The number of ether oxygens (including phenoxy) is 1. The monoisotopic (exact) mass is 633 g/mol. The number of anilines is 1. The van der Waals surface area contributed by atoms with Gasteiger partial charge in [-0.25, -0.2) is 8.42 Å². The minimum atomic E-state index is -4.24. The highest BCUT2D eigenvalue weighted by molar-refractivity contribution is 7.92. The van der Waals surface area contributed by atoms with Gasteiger partial charge in [0, 0.05) is 12.6 Å². The summed E-state index contributed by atoms with van der Waals surface area (Å²) in [4.78, 5) is 28.9. The summed E-state index contributed by atoms with van der Waals surface area (Å²) in [6.07, 6.45) is 0.296. The summed E-state index contributed by atoms with van der Waals surface area (Å²) in [6, 6.07) is 15.4. The van der Waals surface area contributed by atoms with E-state index in [-0.39, 0.29) is 34.8 Å². The van der Waals surface area contributed by atoms with Gasteiger partial charge in [0.25, 0.3) is 10.0 Å². The van der Waals surface area contributed by atoms with Crippen LogP contribution in [-0.4, -0.2) is 50.9 Å². The van der Waals surface area contributed by atoms with Gasteiger partial charge in [-0.05, 0) is 81.6 Å². The van der Waals surface area contributed by atoms with E-state index in [1.807, 2.05) is 27.7 Å². The number of benzene rings is 3. The van der Waals surface area contributed by atoms with Crippen molar-refractivity contribution in [2.45, 2.75) is 64.6 Å². The topological polar surface area (TPSA) is 96.0 Å². The van der Waals surface area contributed by atoms with E-state index in [1.165, 1.54) is 24.1 Å². The van der Waals surface area contributed by atoms with Crippen molar-refractivity contribution < 1.29 is 22.7 Å². The SMILES string of the molecule is CC[C@@H](C(=O)NC(C)C)N(Cc1ccc(Cl)c(Cl)c1)C(=O)CN(c1cc(C)ccc1OC)S(=O)(=O)c1ccc(C)cc1. The molecule has 1 N–H and O–H groups in total. The summed E-state index contributed by atoms with van der Waals surface area (Å²) in [6.45, 7) is 8.55. The lowest BCUT2D eigenvalue weighted by atomic mass is 10.1. The zero-order valence-electron chi connectivity index (χ0n) is 24.6. The van der Waals surface area contributed by atoms with Crippen LogP contribution in [0, 0.1) is 13.8 Å². The summed E-state index contributed by atoms with van der Waals surface area (Å²) in [5, 5.41) is 3.53. The molecule has 1 atom stereocenters. The highest BCUT2D eigenvalue weighted by Crippen LogP contribution is 2.34. The van der Waals surface area contributed by atoms with Crippen LogP contribution < -0.4 is 14.4 Å². The van der Waals surface area contributed by atoms with Gasteiger partial charge in [0.1, 0.15) is 18.3 Å². The zero-order chi connectivity index (χ0) is 31.2. The fraction of sp³-hybridized carbons (Fsp3) is 0.355. The molecule has 226 valence electrons. The summed E-state index contributed by atoms with van der Waals surface area (Å²) < 4.78 is 34.8. The van der Waals surface area contributed by atoms with Crippen LogP contribution in [0.25, 0.3) is 0 Å². The molecule has 0 fully saturated rings. The maximum atomic E-state index is 14.2. The smallest absolute Gasteiger partial charge is 0.264 e. The molecular weight excluding hydrogens is 597 g/mol. The predicted molar refractivity (Wildman–Crippen MR) is 168 cm³/mol. The Labute approximate surface area is 258 Å². The molecule has 0 bridgehead atoms. The molecule has 0 saturated carbocycles. The Bertz CT molecular complexity index is 1530. The number of carbonyl (C=O) groups is 2. The molecule has 0 heterocycles. The third kappa shape index (κ3) is 7.96. The lowest BCUT2D eigenvalue weighted by molar-refractivity contribution is -0.140. The first-order valence-electron chi connectivity index (χ1n) is 13.6. The minimum Gasteiger partial charge on any atom is -0.495 e. The fourth-order valence-electron chi connectivity index (χ4n) is 4.48. The van der Waals surface area contributed by atoms with Crippen LogP contribution in [0.2, 0.25) is 10.0 Å². The molecular formula is C31H37Cl2N3O5S. The number of amides is 2. The number of nitrogens with zero attached hydrogens (tertiary/aromatic N) is 2. The fourth-order valence-corrected chi connectivity index (χ4v) is 6.22. The molecule has 0 aliphatic carbocycles. The van der Waals surface area contributed by atoms with E-state index in [9.17, 15) is 18.0 Å². The predicted octanol–water partition coefficient (Wildman–Crippen LogP) is 6.15. The quantitative estimate of drug-likeness (QED) is 0.258. The van der Waals surface area contributed by atoms with Gasteiger partial charge in [-0.3, -0.25) is 13.9 Å². The van der Waals surface area contributed by atoms with Crippen LogP contribution in [0.5, 0.6) is 5.75 Å². The lowest BCUT2D eigenvalue weighted by Gasteiger charge is -2.34. The van der Waals surface area contributed by atoms with Crippen LogP contribution >= 0.6 is 23.2 Å². The van der Waals surface area contributed by atoms with Crippen molar-refractivity contribution in [3.05, 3.63) is 87.4 Å². The number of sulfonamides is 1. The summed E-state index contributed by atoms with van der Waals surface area (Å²) in [5.74, 6) is -0.641. The molecule has 0 spiro atoms. The van der Waals surface area contributed by atoms with Crippen molar-refractivity contribution in [1.29, 1.82) is 0 Å². The lowest BCUT2D eigenvalue weighted by Crippen LogP contribution is -2.53. The van der Waals surface area contributed by atoms with Crippen molar-refractivity contribution in [1.82, 2.24) is 10.2 Å². The van der Waals surface area contributed by atoms with E-state index in [2.05, 4.69) is 5.32 Å². The Balaban J connectivity index is 2.15. The molecule has 0 aliphatic heterocycles. The average Bonchev–Trinajstić information content (AvgIpc) is 2.93. The third-order valence-electron chi connectivity index (χ3n) is 6.64. The molecule has 8 nitrogen and oxygen atoms in total. The molecule has 0 saturated heterocycles. The van der Waals surface area contributed by atoms with E-state index in [0.717, 1.165) is 15.4 Å². The minimum absolute atomic E-state index is 0.00309. The Morgan fingerprint density at radius 2 is 1.57 bits per heavy atom. The Morgan fingerprint density at radius 3 is 2.14 bits per heavy atom. The van der Waals surface area contributed by atoms with E-state index >= 15 is 0 Å². The highest BCUT2D eigenvalue weighted by Gasteiger charge is 2.35. The molecule has 2 amide bonds.